The zero-order chi connectivity index (χ0) is 65.3. The zero-order valence-corrected chi connectivity index (χ0v) is 53.5. The first kappa shape index (κ1) is 64.6. The number of carbonyl (C=O) groups excluding carboxylic acids is 7. The van der Waals surface area contributed by atoms with Gasteiger partial charge in [-0.15, -0.1) is 0 Å². The molecule has 1 aliphatic carbocycles. The highest BCUT2D eigenvalue weighted by molar-refractivity contribution is 6.07. The lowest BCUT2D eigenvalue weighted by Crippen LogP contribution is -2.53. The molecule has 0 spiro atoms. The molecule has 6 heterocycles. The summed E-state index contributed by atoms with van der Waals surface area (Å²) in [5.41, 5.74) is 8.11. The van der Waals surface area contributed by atoms with Crippen LogP contribution in [0.3, 0.4) is 0 Å². The fraction of sp³-hybridized carbons (Fsp3) is 0.375. The number of benzene rings is 4. The first-order chi connectivity index (χ1) is 45.0. The molecule has 4 aromatic carbocycles. The van der Waals surface area contributed by atoms with Crippen molar-refractivity contribution < 1.29 is 52.5 Å². The van der Waals surface area contributed by atoms with Gasteiger partial charge < -0.3 is 54.5 Å². The number of unbranched alkanes of at least 4 members (excludes halogenated alkanes) is 2. The van der Waals surface area contributed by atoms with Crippen LogP contribution in [-0.4, -0.2) is 165 Å². The Kier molecular flexibility index (Phi) is 20.3. The minimum atomic E-state index is -0.937. The minimum absolute atomic E-state index is 0.133. The number of aliphatic imine (C=N–C) groups is 2. The zero-order valence-electron chi connectivity index (χ0n) is 53.5. The predicted octanol–water partition coefficient (Wildman–Crippen LogP) is 9.37. The van der Waals surface area contributed by atoms with Gasteiger partial charge in [0.05, 0.1) is 67.9 Å². The maximum atomic E-state index is 14.2. The molecule has 3 N–H and O–H groups in total. The van der Waals surface area contributed by atoms with E-state index in [1.165, 1.54) is 24.8 Å². The number of hydrogen-bond acceptors (Lipinski definition) is 15. The van der Waals surface area contributed by atoms with Gasteiger partial charge in [-0.1, -0.05) is 87.1 Å². The van der Waals surface area contributed by atoms with Crippen molar-refractivity contribution in [3.63, 3.8) is 0 Å². The van der Waals surface area contributed by atoms with E-state index >= 15 is 0 Å². The van der Waals surface area contributed by atoms with Crippen molar-refractivity contribution in [3.05, 3.63) is 156 Å². The van der Waals surface area contributed by atoms with Crippen LogP contribution in [0.15, 0.2) is 143 Å². The van der Waals surface area contributed by atoms with E-state index in [1.54, 1.807) is 59.3 Å². The topological polar surface area (TPSA) is 233 Å². The SMILES string of the molecule is COc1cc2c(cc1OCCCOc1cc3c(cc1OC)C(=O)N1C=C(c4ccc(N5CCN(C)CC5)cc4)C[C@H]1C=N3)N=C[C@@H]1CC(c3ccc(NC(=O)[C@H](C)NC(=O)C(NC(=O)CCCCCN4C(=O)CC(C5=CC=CC=CC=C5)C4=O)C(C)C)cc3)=CN1C2=O. The molecule has 2 saturated heterocycles. The Morgan fingerprint density at radius 2 is 1.19 bits per heavy atom. The van der Waals surface area contributed by atoms with Crippen LogP contribution < -0.4 is 39.8 Å². The van der Waals surface area contributed by atoms with Crippen molar-refractivity contribution in [1.82, 2.24) is 30.2 Å². The van der Waals surface area contributed by atoms with Crippen LogP contribution in [0, 0.1) is 11.8 Å². The molecule has 0 saturated carbocycles. The molecule has 7 amide bonds. The van der Waals surface area contributed by atoms with Crippen LogP contribution in [0.4, 0.5) is 22.7 Å². The summed E-state index contributed by atoms with van der Waals surface area (Å²) in [6, 6.07) is 20.2. The van der Waals surface area contributed by atoms with Gasteiger partial charge in [0.15, 0.2) is 23.0 Å². The van der Waals surface area contributed by atoms with E-state index < -0.39 is 29.8 Å². The van der Waals surface area contributed by atoms with Crippen molar-refractivity contribution in [1.29, 1.82) is 0 Å². The Labute approximate surface area is 542 Å². The molecular weight excluding hydrogens is 1180 g/mol. The fourth-order valence-electron chi connectivity index (χ4n) is 12.4. The van der Waals surface area contributed by atoms with Gasteiger partial charge >= 0.3 is 0 Å². The second-order valence-electron chi connectivity index (χ2n) is 24.6. The number of amides is 7. The molecular formula is C72H80N10O11. The summed E-state index contributed by atoms with van der Waals surface area (Å²) in [4.78, 5) is 113. The predicted molar refractivity (Wildman–Crippen MR) is 357 cm³/mol. The molecule has 2 fully saturated rings. The Balaban J connectivity index is 0.618. The Morgan fingerprint density at radius 1 is 0.624 bits per heavy atom. The second kappa shape index (κ2) is 29.2. The van der Waals surface area contributed by atoms with Gasteiger partial charge in [0.1, 0.15) is 12.1 Å². The molecule has 7 aliphatic rings. The molecule has 2 unspecified atom stereocenters. The number of allylic oxidation sites excluding steroid dienone is 7. The van der Waals surface area contributed by atoms with Crippen LogP contribution in [0.1, 0.15) is 104 Å². The summed E-state index contributed by atoms with van der Waals surface area (Å²) in [7, 11) is 5.20. The average Bonchev–Trinajstić information content (AvgIpc) is 1.69. The molecule has 0 radical (unpaired) electrons. The van der Waals surface area contributed by atoms with Gasteiger partial charge in [0, 0.05) is 113 Å². The van der Waals surface area contributed by atoms with E-state index in [0.717, 1.165) is 54.0 Å². The van der Waals surface area contributed by atoms with Crippen LogP contribution in [0.5, 0.6) is 23.0 Å². The molecule has 0 aromatic heterocycles. The standard InChI is InChI=1S/C72H80N10O11/c1-45(2)67(77-65(83)18-13-10-14-27-80-66(84)38-56(70(80)87)49-16-11-8-7-9-12-17-49)69(86)75-46(3)68(85)76-52-23-19-47(20-24-52)50-34-54-41-73-59-39-63(61(90-5)36-57(59)71(88)81(54)43-50)92-32-15-33-93-64-40-60-58(37-62(64)91-6)72(89)82-44-51(35-55(82)42-74-60)48-21-25-53(26-22-48)79-30-28-78(4)29-31-79/h7-9,11-12,16-17,19-26,36-37,39-46,54-56,67H,10,13-15,18,27-35,38H2,1-6H3,(H,75,86)(H,76,85)(H,77,83)/t46-,54-,55-,56?,67?/m0/s1. The number of fused-ring (bicyclic) bond motifs is 4. The quantitative estimate of drug-likeness (QED) is 0.0439. The normalized spacial score (nSPS) is 19.7. The van der Waals surface area contributed by atoms with Crippen LogP contribution in [0.2, 0.25) is 0 Å². The third-order valence-corrected chi connectivity index (χ3v) is 17.8. The Morgan fingerprint density at radius 3 is 1.77 bits per heavy atom. The Bertz CT molecular complexity index is 3800. The van der Waals surface area contributed by atoms with Crippen molar-refractivity contribution in [3.8, 4) is 23.0 Å². The number of likely N-dealkylation sites (N-methyl/N-ethyl adjacent to an activating group) is 1. The first-order valence-electron chi connectivity index (χ1n) is 32.0. The lowest BCUT2D eigenvalue weighted by Gasteiger charge is -2.34. The number of hydrogen-bond donors (Lipinski definition) is 3. The van der Waals surface area contributed by atoms with E-state index in [-0.39, 0.29) is 80.1 Å². The highest BCUT2D eigenvalue weighted by atomic mass is 16.5. The van der Waals surface area contributed by atoms with Crippen molar-refractivity contribution in [2.45, 2.75) is 96.3 Å². The molecule has 484 valence electrons. The average molecular weight is 1260 g/mol. The number of rotatable bonds is 24. The minimum Gasteiger partial charge on any atom is -0.493 e. The molecule has 6 aliphatic heterocycles. The molecule has 21 heteroatoms. The van der Waals surface area contributed by atoms with Gasteiger partial charge in [-0.05, 0) is 97.0 Å². The van der Waals surface area contributed by atoms with E-state index in [9.17, 15) is 33.6 Å². The molecule has 11 rings (SSSR count). The van der Waals surface area contributed by atoms with E-state index in [1.807, 2.05) is 87.1 Å². The number of ether oxygens (including phenoxy) is 4. The Hall–Kier alpha value is -9.89. The summed E-state index contributed by atoms with van der Waals surface area (Å²) in [6.07, 6.45) is 23.9. The highest BCUT2D eigenvalue weighted by Crippen LogP contribution is 2.42. The summed E-state index contributed by atoms with van der Waals surface area (Å²) in [5.74, 6) is -1.23. The lowest BCUT2D eigenvalue weighted by molar-refractivity contribution is -0.139. The van der Waals surface area contributed by atoms with Gasteiger partial charge in [-0.25, -0.2) is 0 Å². The molecule has 5 atom stereocenters. The maximum absolute atomic E-state index is 14.2. The summed E-state index contributed by atoms with van der Waals surface area (Å²) in [5, 5.41) is 8.43. The van der Waals surface area contributed by atoms with Crippen molar-refractivity contribution in [2.75, 3.05) is 77.4 Å². The number of nitrogens with one attached hydrogen (secondary N) is 3. The second-order valence-corrected chi connectivity index (χ2v) is 24.6. The number of nitrogens with zero attached hydrogens (tertiary/aromatic N) is 7. The number of likely N-dealkylation sites (tertiary alicyclic amines) is 1. The highest BCUT2D eigenvalue weighted by Gasteiger charge is 2.40. The van der Waals surface area contributed by atoms with Crippen LogP contribution in [0.25, 0.3) is 11.1 Å². The summed E-state index contributed by atoms with van der Waals surface area (Å²) in [6.45, 7) is 10.0. The van der Waals surface area contributed by atoms with E-state index in [2.05, 4.69) is 57.1 Å². The molecule has 21 nitrogen and oxygen atoms in total. The molecule has 4 aromatic rings. The van der Waals surface area contributed by atoms with Crippen molar-refractivity contribution in [2.24, 2.45) is 21.8 Å². The summed E-state index contributed by atoms with van der Waals surface area (Å²) >= 11 is 0. The van der Waals surface area contributed by atoms with E-state index in [4.69, 9.17) is 28.9 Å². The monoisotopic (exact) mass is 1260 g/mol. The fourth-order valence-corrected chi connectivity index (χ4v) is 12.4. The first-order valence-corrected chi connectivity index (χ1v) is 32.0. The smallest absolute Gasteiger partial charge is 0.260 e. The van der Waals surface area contributed by atoms with Gasteiger partial charge in [0.25, 0.3) is 11.8 Å². The number of anilines is 2. The lowest BCUT2D eigenvalue weighted by atomic mass is 9.95. The van der Waals surface area contributed by atoms with E-state index in [0.29, 0.717) is 89.7 Å². The molecule has 0 bridgehead atoms. The largest absolute Gasteiger partial charge is 0.493 e. The number of piperazine rings is 1. The third-order valence-electron chi connectivity index (χ3n) is 17.8. The number of methoxy groups -OCH3 is 2. The van der Waals surface area contributed by atoms with Gasteiger partial charge in [-0.2, -0.15) is 0 Å². The summed E-state index contributed by atoms with van der Waals surface area (Å²) < 4.78 is 23.9. The van der Waals surface area contributed by atoms with Crippen LogP contribution in [-0.2, 0) is 24.0 Å². The van der Waals surface area contributed by atoms with Gasteiger partial charge in [-0.3, -0.25) is 48.4 Å². The maximum Gasteiger partial charge on any atom is 0.260 e. The number of carbonyl (C=O) groups is 7. The van der Waals surface area contributed by atoms with Crippen molar-refractivity contribution >= 4 is 87.7 Å². The molecule has 93 heavy (non-hydrogen) atoms. The van der Waals surface area contributed by atoms with Gasteiger partial charge in [0.2, 0.25) is 29.5 Å². The third kappa shape index (κ3) is 14.9. The van der Waals surface area contributed by atoms with Crippen LogP contribution >= 0.6 is 0 Å². The number of imide groups is 1.